The maximum atomic E-state index is 12.7. The van der Waals surface area contributed by atoms with Gasteiger partial charge in [-0.15, -0.1) is 0 Å². The lowest BCUT2D eigenvalue weighted by molar-refractivity contribution is 0.268. The van der Waals surface area contributed by atoms with E-state index in [1.165, 1.54) is 6.92 Å². The van der Waals surface area contributed by atoms with E-state index in [9.17, 15) is 12.8 Å². The van der Waals surface area contributed by atoms with E-state index in [1.807, 2.05) is 0 Å². The fourth-order valence-electron chi connectivity index (χ4n) is 1.93. The molecule has 0 aliphatic carbocycles. The van der Waals surface area contributed by atoms with Crippen LogP contribution in [0.2, 0.25) is 0 Å². The molecule has 1 heterocycles. The average molecular weight is 209 g/mol. The summed E-state index contributed by atoms with van der Waals surface area (Å²) in [6.07, 6.45) is -0.617. The predicted octanol–water partition coefficient (Wildman–Crippen LogP) is 0.354. The minimum atomic E-state index is -2.95. The normalized spacial score (nSPS) is 34.7. The number of hydrogen-bond donors (Lipinski definition) is 1. The summed E-state index contributed by atoms with van der Waals surface area (Å²) in [6.45, 7) is 1.80. The molecular weight excluding hydrogens is 193 g/mol. The van der Waals surface area contributed by atoms with E-state index in [0.717, 1.165) is 0 Å². The second-order valence-corrected chi connectivity index (χ2v) is 6.00. The van der Waals surface area contributed by atoms with Crippen molar-refractivity contribution in [1.29, 1.82) is 0 Å². The molecule has 0 aromatic heterocycles. The lowest BCUT2D eigenvalue weighted by atomic mass is 9.91. The Morgan fingerprint density at radius 3 is 2.46 bits per heavy atom. The summed E-state index contributed by atoms with van der Waals surface area (Å²) < 4.78 is 35.1. The molecule has 0 aromatic rings. The zero-order valence-corrected chi connectivity index (χ0v) is 8.56. The second-order valence-electron chi connectivity index (χ2n) is 3.85. The van der Waals surface area contributed by atoms with Crippen LogP contribution in [-0.4, -0.2) is 32.6 Å². The summed E-state index contributed by atoms with van der Waals surface area (Å²) in [7, 11) is -2.95. The monoisotopic (exact) mass is 209 g/mol. The minimum Gasteiger partial charge on any atom is -0.330 e. The van der Waals surface area contributed by atoms with E-state index in [-0.39, 0.29) is 23.3 Å². The van der Waals surface area contributed by atoms with E-state index in [0.29, 0.717) is 13.0 Å². The highest BCUT2D eigenvalue weighted by molar-refractivity contribution is 7.91. The van der Waals surface area contributed by atoms with Crippen molar-refractivity contribution in [3.8, 4) is 0 Å². The van der Waals surface area contributed by atoms with Gasteiger partial charge in [-0.3, -0.25) is 0 Å². The Hall–Kier alpha value is -0.160. The molecule has 0 spiro atoms. The first-order valence-electron chi connectivity index (χ1n) is 4.49. The van der Waals surface area contributed by atoms with Crippen molar-refractivity contribution in [2.45, 2.75) is 19.5 Å². The molecule has 0 aromatic carbocycles. The Morgan fingerprint density at radius 1 is 1.46 bits per heavy atom. The van der Waals surface area contributed by atoms with E-state index in [4.69, 9.17) is 5.73 Å². The first kappa shape index (κ1) is 10.9. The van der Waals surface area contributed by atoms with Gasteiger partial charge in [-0.05, 0) is 31.7 Å². The van der Waals surface area contributed by atoms with Gasteiger partial charge in [0.1, 0.15) is 0 Å². The van der Waals surface area contributed by atoms with E-state index in [2.05, 4.69) is 0 Å². The van der Waals surface area contributed by atoms with Gasteiger partial charge >= 0.3 is 0 Å². The third-order valence-corrected chi connectivity index (χ3v) is 4.41. The SMILES string of the molecule is CC(F)CC1CS(=O)(=O)CC1CN. The van der Waals surface area contributed by atoms with Crippen LogP contribution in [0.5, 0.6) is 0 Å². The van der Waals surface area contributed by atoms with Crippen LogP contribution in [0.25, 0.3) is 0 Å². The summed E-state index contributed by atoms with van der Waals surface area (Å²) in [4.78, 5) is 0. The Labute approximate surface area is 78.4 Å². The molecule has 0 radical (unpaired) electrons. The molecule has 0 amide bonds. The van der Waals surface area contributed by atoms with E-state index >= 15 is 0 Å². The number of alkyl halides is 1. The van der Waals surface area contributed by atoms with Crippen molar-refractivity contribution in [1.82, 2.24) is 0 Å². The van der Waals surface area contributed by atoms with Gasteiger partial charge in [0, 0.05) is 0 Å². The Balaban J connectivity index is 2.64. The molecule has 13 heavy (non-hydrogen) atoms. The van der Waals surface area contributed by atoms with Crippen molar-refractivity contribution >= 4 is 9.84 Å². The first-order valence-corrected chi connectivity index (χ1v) is 6.31. The summed E-state index contributed by atoms with van der Waals surface area (Å²) in [5.41, 5.74) is 5.43. The standard InChI is InChI=1S/C8H16FNO2S/c1-6(9)2-7-4-13(11,12)5-8(7)3-10/h6-8H,2-5,10H2,1H3. The topological polar surface area (TPSA) is 60.2 Å². The molecule has 1 fully saturated rings. The van der Waals surface area contributed by atoms with Gasteiger partial charge in [-0.1, -0.05) is 0 Å². The lowest BCUT2D eigenvalue weighted by Gasteiger charge is -2.15. The third kappa shape index (κ3) is 2.91. The van der Waals surface area contributed by atoms with Crippen molar-refractivity contribution in [3.05, 3.63) is 0 Å². The van der Waals surface area contributed by atoms with Crippen LogP contribution >= 0.6 is 0 Å². The number of rotatable bonds is 3. The van der Waals surface area contributed by atoms with Crippen LogP contribution in [0.1, 0.15) is 13.3 Å². The third-order valence-electron chi connectivity index (χ3n) is 2.53. The molecule has 0 bridgehead atoms. The van der Waals surface area contributed by atoms with Crippen LogP contribution < -0.4 is 5.73 Å². The molecule has 0 saturated carbocycles. The Morgan fingerprint density at radius 2 is 2.00 bits per heavy atom. The van der Waals surface area contributed by atoms with Crippen LogP contribution in [0.4, 0.5) is 4.39 Å². The summed E-state index contributed by atoms with van der Waals surface area (Å²) in [5.74, 6) is 0.141. The fraction of sp³-hybridized carbons (Fsp3) is 1.00. The van der Waals surface area contributed by atoms with Crippen molar-refractivity contribution in [3.63, 3.8) is 0 Å². The largest absolute Gasteiger partial charge is 0.330 e. The van der Waals surface area contributed by atoms with Gasteiger partial charge < -0.3 is 5.73 Å². The summed E-state index contributed by atoms with van der Waals surface area (Å²) in [6, 6.07) is 0. The number of halogens is 1. The molecule has 3 unspecified atom stereocenters. The van der Waals surface area contributed by atoms with E-state index < -0.39 is 16.0 Å². The van der Waals surface area contributed by atoms with Crippen molar-refractivity contribution < 1.29 is 12.8 Å². The zero-order valence-electron chi connectivity index (χ0n) is 7.74. The van der Waals surface area contributed by atoms with Crippen LogP contribution in [0.15, 0.2) is 0 Å². The maximum absolute atomic E-state index is 12.7. The van der Waals surface area contributed by atoms with Crippen molar-refractivity contribution in [2.75, 3.05) is 18.1 Å². The molecule has 3 atom stereocenters. The Kier molecular flexibility index (Phi) is 3.29. The molecule has 1 aliphatic heterocycles. The average Bonchev–Trinajstić information content (AvgIpc) is 2.24. The summed E-state index contributed by atoms with van der Waals surface area (Å²) >= 11 is 0. The smallest absolute Gasteiger partial charge is 0.150 e. The highest BCUT2D eigenvalue weighted by Crippen LogP contribution is 2.28. The highest BCUT2D eigenvalue weighted by Gasteiger charge is 2.37. The predicted molar refractivity (Wildman–Crippen MR) is 49.9 cm³/mol. The lowest BCUT2D eigenvalue weighted by Crippen LogP contribution is -2.23. The highest BCUT2D eigenvalue weighted by atomic mass is 32.2. The minimum absolute atomic E-state index is 0.0387. The fourth-order valence-corrected chi connectivity index (χ4v) is 4.19. The summed E-state index contributed by atoms with van der Waals surface area (Å²) in [5, 5.41) is 0. The van der Waals surface area contributed by atoms with Gasteiger partial charge in [0.15, 0.2) is 9.84 Å². The molecule has 3 nitrogen and oxygen atoms in total. The number of nitrogens with two attached hydrogens (primary N) is 1. The van der Waals surface area contributed by atoms with Crippen molar-refractivity contribution in [2.24, 2.45) is 17.6 Å². The van der Waals surface area contributed by atoms with Crippen LogP contribution in [0, 0.1) is 11.8 Å². The van der Waals surface area contributed by atoms with Crippen LogP contribution in [0.3, 0.4) is 0 Å². The second kappa shape index (κ2) is 3.92. The number of sulfone groups is 1. The van der Waals surface area contributed by atoms with Gasteiger partial charge in [-0.2, -0.15) is 0 Å². The molecule has 2 N–H and O–H groups in total. The molecule has 5 heteroatoms. The quantitative estimate of drug-likeness (QED) is 0.729. The first-order chi connectivity index (χ1) is 5.94. The maximum Gasteiger partial charge on any atom is 0.150 e. The number of hydrogen-bond acceptors (Lipinski definition) is 3. The van der Waals surface area contributed by atoms with Gasteiger partial charge in [0.05, 0.1) is 17.7 Å². The van der Waals surface area contributed by atoms with Gasteiger partial charge in [-0.25, -0.2) is 12.8 Å². The van der Waals surface area contributed by atoms with E-state index in [1.54, 1.807) is 0 Å². The van der Waals surface area contributed by atoms with Gasteiger partial charge in [0.25, 0.3) is 0 Å². The molecule has 1 saturated heterocycles. The molecule has 1 aliphatic rings. The molecular formula is C8H16FNO2S. The zero-order chi connectivity index (χ0) is 10.1. The molecule has 1 rings (SSSR count). The molecule has 78 valence electrons. The van der Waals surface area contributed by atoms with Crippen LogP contribution in [-0.2, 0) is 9.84 Å². The van der Waals surface area contributed by atoms with Gasteiger partial charge in [0.2, 0.25) is 0 Å². The Bertz CT molecular complexity index is 263.